The van der Waals surface area contributed by atoms with Crippen LogP contribution in [-0.4, -0.2) is 28.7 Å². The normalized spacial score (nSPS) is 22.8. The Hall–Kier alpha value is -1.88. The van der Waals surface area contributed by atoms with E-state index < -0.39 is 0 Å². The van der Waals surface area contributed by atoms with Crippen molar-refractivity contribution in [1.29, 1.82) is 0 Å². The fourth-order valence-corrected chi connectivity index (χ4v) is 2.48. The zero-order chi connectivity index (χ0) is 13.3. The number of benzene rings is 1. The maximum absolute atomic E-state index is 5.77. The zero-order valence-corrected chi connectivity index (χ0v) is 11.0. The first-order chi connectivity index (χ1) is 9.16. The molecule has 1 atom stereocenters. The molecule has 0 aliphatic carbocycles. The molecule has 1 aliphatic heterocycles. The molecule has 0 bridgehead atoms. The van der Waals surface area contributed by atoms with Crippen molar-refractivity contribution in [3.05, 3.63) is 24.3 Å². The van der Waals surface area contributed by atoms with Gasteiger partial charge in [0.15, 0.2) is 0 Å². The molecule has 2 aromatic rings. The first-order valence-corrected chi connectivity index (χ1v) is 6.56. The number of ether oxygens (including phenoxy) is 1. The van der Waals surface area contributed by atoms with Crippen molar-refractivity contribution in [2.45, 2.75) is 25.4 Å². The van der Waals surface area contributed by atoms with Crippen molar-refractivity contribution in [2.24, 2.45) is 0 Å². The van der Waals surface area contributed by atoms with Gasteiger partial charge in [0, 0.05) is 18.5 Å². The van der Waals surface area contributed by atoms with Crippen molar-refractivity contribution in [2.75, 3.05) is 24.2 Å². The average Bonchev–Trinajstić information content (AvgIpc) is 2.83. The molecular weight excluding hydrogens is 240 g/mol. The van der Waals surface area contributed by atoms with Crippen molar-refractivity contribution in [3.63, 3.8) is 0 Å². The lowest BCUT2D eigenvalue weighted by Crippen LogP contribution is -2.32. The van der Waals surface area contributed by atoms with Crippen LogP contribution in [0.2, 0.25) is 0 Å². The Morgan fingerprint density at radius 3 is 3.00 bits per heavy atom. The summed E-state index contributed by atoms with van der Waals surface area (Å²) in [5.41, 5.74) is 6.49. The average molecular weight is 258 g/mol. The van der Waals surface area contributed by atoms with Gasteiger partial charge in [-0.15, -0.1) is 0 Å². The maximum Gasteiger partial charge on any atom is 0.222 e. The summed E-state index contributed by atoms with van der Waals surface area (Å²) < 4.78 is 5.77. The summed E-state index contributed by atoms with van der Waals surface area (Å²) in [6.45, 7) is 3.69. The highest BCUT2D eigenvalue weighted by atomic mass is 16.5. The fourth-order valence-electron chi connectivity index (χ4n) is 2.48. The molecule has 0 radical (unpaired) electrons. The van der Waals surface area contributed by atoms with Gasteiger partial charge < -0.3 is 15.8 Å². The summed E-state index contributed by atoms with van der Waals surface area (Å²) in [6, 6.07) is 7.85. The predicted octanol–water partition coefficient (Wildman–Crippen LogP) is 2.19. The quantitative estimate of drug-likeness (QED) is 0.883. The number of nitrogens with one attached hydrogen (secondary N) is 1. The lowest BCUT2D eigenvalue weighted by atomic mass is 10.0. The van der Waals surface area contributed by atoms with Crippen LogP contribution in [0, 0.1) is 0 Å². The van der Waals surface area contributed by atoms with Gasteiger partial charge in [-0.2, -0.15) is 4.98 Å². The van der Waals surface area contributed by atoms with Gasteiger partial charge in [-0.3, -0.25) is 0 Å². The van der Waals surface area contributed by atoms with E-state index >= 15 is 0 Å². The summed E-state index contributed by atoms with van der Waals surface area (Å²) in [7, 11) is 0. The Morgan fingerprint density at radius 1 is 1.37 bits per heavy atom. The van der Waals surface area contributed by atoms with E-state index in [1.807, 2.05) is 24.3 Å². The van der Waals surface area contributed by atoms with Crippen LogP contribution >= 0.6 is 0 Å². The summed E-state index contributed by atoms with van der Waals surface area (Å²) in [4.78, 5) is 8.52. The molecule has 5 heteroatoms. The molecule has 3 rings (SSSR count). The summed E-state index contributed by atoms with van der Waals surface area (Å²) >= 11 is 0. The van der Waals surface area contributed by atoms with Gasteiger partial charge in [0.25, 0.3) is 0 Å². The number of nitrogens with zero attached hydrogens (tertiary/aromatic N) is 2. The van der Waals surface area contributed by atoms with E-state index in [0.717, 1.165) is 42.7 Å². The second-order valence-electron chi connectivity index (χ2n) is 5.20. The lowest BCUT2D eigenvalue weighted by Gasteiger charge is -2.24. The molecule has 2 heterocycles. The van der Waals surface area contributed by atoms with Gasteiger partial charge in [-0.1, -0.05) is 12.1 Å². The molecule has 1 unspecified atom stereocenters. The van der Waals surface area contributed by atoms with Gasteiger partial charge in [-0.05, 0) is 31.9 Å². The number of hydrogen-bond acceptors (Lipinski definition) is 5. The molecule has 0 spiro atoms. The van der Waals surface area contributed by atoms with Crippen molar-refractivity contribution >= 4 is 22.7 Å². The Labute approximate surface area is 112 Å². The molecule has 3 N–H and O–H groups in total. The van der Waals surface area contributed by atoms with E-state index in [1.54, 1.807) is 0 Å². The molecule has 0 saturated carbocycles. The molecule has 0 amide bonds. The third-order valence-electron chi connectivity index (χ3n) is 3.55. The predicted molar refractivity (Wildman–Crippen MR) is 76.0 cm³/mol. The first kappa shape index (κ1) is 12.2. The van der Waals surface area contributed by atoms with E-state index in [4.69, 9.17) is 10.5 Å². The fraction of sp³-hybridized carbons (Fsp3) is 0.429. The number of hydrogen-bond donors (Lipinski definition) is 2. The molecular formula is C14H18N4O. The molecule has 1 fully saturated rings. The SMILES string of the molecule is CC1(CNc2nc(N)nc3ccccc23)CCCO1. The smallest absolute Gasteiger partial charge is 0.222 e. The minimum Gasteiger partial charge on any atom is -0.373 e. The monoisotopic (exact) mass is 258 g/mol. The van der Waals surface area contributed by atoms with Crippen LogP contribution in [0.5, 0.6) is 0 Å². The highest BCUT2D eigenvalue weighted by molar-refractivity contribution is 5.89. The first-order valence-electron chi connectivity index (χ1n) is 6.56. The van der Waals surface area contributed by atoms with Crippen molar-refractivity contribution in [3.8, 4) is 0 Å². The largest absolute Gasteiger partial charge is 0.373 e. The summed E-state index contributed by atoms with van der Waals surface area (Å²) in [5, 5.41) is 4.34. The second-order valence-corrected chi connectivity index (χ2v) is 5.20. The second kappa shape index (κ2) is 4.66. The maximum atomic E-state index is 5.77. The Balaban J connectivity index is 1.87. The van der Waals surface area contributed by atoms with E-state index in [1.165, 1.54) is 0 Å². The van der Waals surface area contributed by atoms with E-state index in [-0.39, 0.29) is 5.60 Å². The van der Waals surface area contributed by atoms with E-state index in [2.05, 4.69) is 22.2 Å². The number of nitrogens with two attached hydrogens (primary N) is 1. The summed E-state index contributed by atoms with van der Waals surface area (Å²) in [5.74, 6) is 1.07. The standard InChI is InChI=1S/C14H18N4O/c1-14(7-4-8-19-14)9-16-12-10-5-2-3-6-11(10)17-13(15)18-12/h2-3,5-6H,4,7-9H2,1H3,(H3,15,16,17,18). The van der Waals surface area contributed by atoms with Crippen LogP contribution < -0.4 is 11.1 Å². The lowest BCUT2D eigenvalue weighted by molar-refractivity contribution is 0.0315. The van der Waals surface area contributed by atoms with Gasteiger partial charge in [0.1, 0.15) is 5.82 Å². The minimum absolute atomic E-state index is 0.110. The Kier molecular flexibility index (Phi) is 2.98. The third kappa shape index (κ3) is 2.46. The van der Waals surface area contributed by atoms with Gasteiger partial charge in [0.2, 0.25) is 5.95 Å². The van der Waals surface area contributed by atoms with Crippen LogP contribution in [0.25, 0.3) is 10.9 Å². The molecule has 1 saturated heterocycles. The minimum atomic E-state index is -0.110. The number of aromatic nitrogens is 2. The molecule has 5 nitrogen and oxygen atoms in total. The number of rotatable bonds is 3. The van der Waals surface area contributed by atoms with E-state index in [0.29, 0.717) is 5.95 Å². The molecule has 1 aromatic heterocycles. The Bertz CT molecular complexity index is 593. The highest BCUT2D eigenvalue weighted by Crippen LogP contribution is 2.27. The van der Waals surface area contributed by atoms with Crippen LogP contribution in [0.3, 0.4) is 0 Å². The molecule has 19 heavy (non-hydrogen) atoms. The van der Waals surface area contributed by atoms with Crippen LogP contribution in [0.1, 0.15) is 19.8 Å². The number of para-hydroxylation sites is 1. The molecule has 1 aromatic carbocycles. The Morgan fingerprint density at radius 2 is 2.21 bits per heavy atom. The van der Waals surface area contributed by atoms with Crippen molar-refractivity contribution < 1.29 is 4.74 Å². The molecule has 100 valence electrons. The van der Waals surface area contributed by atoms with Crippen LogP contribution in [0.15, 0.2) is 24.3 Å². The number of anilines is 2. The number of fused-ring (bicyclic) bond motifs is 1. The topological polar surface area (TPSA) is 73.1 Å². The highest BCUT2D eigenvalue weighted by Gasteiger charge is 2.29. The van der Waals surface area contributed by atoms with Crippen LogP contribution in [-0.2, 0) is 4.74 Å². The molecule has 1 aliphatic rings. The summed E-state index contributed by atoms with van der Waals surface area (Å²) in [6.07, 6.45) is 2.18. The van der Waals surface area contributed by atoms with Crippen molar-refractivity contribution in [1.82, 2.24) is 9.97 Å². The van der Waals surface area contributed by atoms with Gasteiger partial charge >= 0.3 is 0 Å². The third-order valence-corrected chi connectivity index (χ3v) is 3.55. The van der Waals surface area contributed by atoms with Gasteiger partial charge in [-0.25, -0.2) is 4.98 Å². The van der Waals surface area contributed by atoms with Gasteiger partial charge in [0.05, 0.1) is 11.1 Å². The van der Waals surface area contributed by atoms with E-state index in [9.17, 15) is 0 Å². The number of nitrogen functional groups attached to an aromatic ring is 1. The zero-order valence-electron chi connectivity index (χ0n) is 11.0. The van der Waals surface area contributed by atoms with Crippen LogP contribution in [0.4, 0.5) is 11.8 Å².